The van der Waals surface area contributed by atoms with Gasteiger partial charge in [0, 0.05) is 30.3 Å². The number of fused-ring (bicyclic) bond motifs is 3. The zero-order valence-electron chi connectivity index (χ0n) is 22.1. The molecule has 2 N–H and O–H groups in total. The van der Waals surface area contributed by atoms with Crippen molar-refractivity contribution in [3.63, 3.8) is 0 Å². The Morgan fingerprint density at radius 2 is 1.70 bits per heavy atom. The predicted molar refractivity (Wildman–Crippen MR) is 148 cm³/mol. The average molecular weight is 520 g/mol. The van der Waals surface area contributed by atoms with E-state index in [1.807, 2.05) is 18.7 Å². The Bertz CT molecular complexity index is 1160. The molecule has 0 spiro atoms. The summed E-state index contributed by atoms with van der Waals surface area (Å²) in [5.41, 5.74) is 8.05. The second kappa shape index (κ2) is 10.8. The third-order valence-electron chi connectivity index (χ3n) is 7.59. The Kier molecular flexibility index (Phi) is 7.47. The fourth-order valence-corrected chi connectivity index (χ4v) is 6.58. The molecule has 2 heterocycles. The van der Waals surface area contributed by atoms with E-state index in [0.29, 0.717) is 19.4 Å². The number of carbonyl (C=O) groups excluding carboxylic acids is 2. The van der Waals surface area contributed by atoms with E-state index in [1.54, 1.807) is 11.8 Å². The van der Waals surface area contributed by atoms with Gasteiger partial charge >= 0.3 is 0 Å². The minimum atomic E-state index is -0.345. The molecule has 0 aromatic heterocycles. The largest absolute Gasteiger partial charge is 0.354 e. The van der Waals surface area contributed by atoms with E-state index in [0.717, 1.165) is 22.9 Å². The molecule has 0 bridgehead atoms. The highest BCUT2D eigenvalue weighted by molar-refractivity contribution is 8.13. The fraction of sp³-hybridized carbons (Fsp3) is 0.483. The molecule has 4 atom stereocenters. The van der Waals surface area contributed by atoms with Crippen LogP contribution in [0.15, 0.2) is 53.6 Å². The number of carbonyl (C=O) groups is 2. The number of amidine groups is 1. The summed E-state index contributed by atoms with van der Waals surface area (Å²) < 4.78 is 0. The third-order valence-corrected chi connectivity index (χ3v) is 8.63. The van der Waals surface area contributed by atoms with Crippen molar-refractivity contribution >= 4 is 28.7 Å². The van der Waals surface area contributed by atoms with Crippen LogP contribution in [0.5, 0.6) is 0 Å². The van der Waals surface area contributed by atoms with Crippen molar-refractivity contribution in [1.82, 2.24) is 20.5 Å². The van der Waals surface area contributed by atoms with Crippen molar-refractivity contribution in [2.24, 2.45) is 16.9 Å². The van der Waals surface area contributed by atoms with Gasteiger partial charge in [0.2, 0.25) is 11.8 Å². The summed E-state index contributed by atoms with van der Waals surface area (Å²) in [7, 11) is 0. The maximum atomic E-state index is 13.8. The highest BCUT2D eigenvalue weighted by atomic mass is 32.2. The second-order valence-corrected chi connectivity index (χ2v) is 11.8. The van der Waals surface area contributed by atoms with Crippen LogP contribution in [0.1, 0.15) is 55.4 Å². The predicted octanol–water partition coefficient (Wildman–Crippen LogP) is 4.35. The van der Waals surface area contributed by atoms with Crippen molar-refractivity contribution in [2.75, 3.05) is 0 Å². The minimum Gasteiger partial charge on any atom is -0.354 e. The Labute approximate surface area is 224 Å². The summed E-state index contributed by atoms with van der Waals surface area (Å²) in [5.74, 6) is 0.809. The molecule has 2 amide bonds. The molecule has 2 aromatic rings. The first kappa shape index (κ1) is 25.6. The van der Waals surface area contributed by atoms with Crippen LogP contribution in [0.4, 0.5) is 0 Å². The van der Waals surface area contributed by atoms with Crippen LogP contribution in [-0.4, -0.2) is 45.2 Å². The monoisotopic (exact) mass is 519 g/mol. The number of rotatable bonds is 6. The molecule has 7 nitrogen and oxygen atoms in total. The van der Waals surface area contributed by atoms with Gasteiger partial charge < -0.3 is 10.2 Å². The van der Waals surface area contributed by atoms with Gasteiger partial charge in [0.15, 0.2) is 11.5 Å². The van der Waals surface area contributed by atoms with Crippen molar-refractivity contribution in [1.29, 1.82) is 0 Å². The van der Waals surface area contributed by atoms with Gasteiger partial charge in [-0.2, -0.15) is 5.10 Å². The van der Waals surface area contributed by atoms with E-state index in [2.05, 4.69) is 78.0 Å². The standard InChI is InChI=1S/C29H37N5O2S/c1-18(2)30-26(35)23-13-14-24-25(15-23)34-28(33(27(24)36)16-21-9-5-19(3)6-10-21)31-32-29(34)37-17-22-11-7-20(4)8-12-22/h5-12,18,23-25,28,31H,13-17H2,1-4H3,(H,30,35). The van der Waals surface area contributed by atoms with Crippen molar-refractivity contribution in [3.05, 3.63) is 70.8 Å². The lowest BCUT2D eigenvalue weighted by molar-refractivity contribution is -0.159. The lowest BCUT2D eigenvalue weighted by Crippen LogP contribution is -2.67. The summed E-state index contributed by atoms with van der Waals surface area (Å²) in [5, 5.41) is 8.70. The van der Waals surface area contributed by atoms with Crippen LogP contribution in [-0.2, 0) is 21.9 Å². The number of hydrazone groups is 1. The average Bonchev–Trinajstić information content (AvgIpc) is 3.30. The first-order valence-corrected chi connectivity index (χ1v) is 14.2. The van der Waals surface area contributed by atoms with Gasteiger partial charge in [-0.05, 0) is 58.1 Å². The summed E-state index contributed by atoms with van der Waals surface area (Å²) in [4.78, 5) is 31.0. The number of benzene rings is 2. The Morgan fingerprint density at radius 1 is 1.05 bits per heavy atom. The molecule has 2 aromatic carbocycles. The highest BCUT2D eigenvalue weighted by Crippen LogP contribution is 2.41. The summed E-state index contributed by atoms with van der Waals surface area (Å²) in [6.07, 6.45) is 1.76. The lowest BCUT2D eigenvalue weighted by Gasteiger charge is -2.51. The molecule has 4 unspecified atom stereocenters. The molecule has 37 heavy (non-hydrogen) atoms. The second-order valence-electron chi connectivity index (χ2n) is 10.9. The van der Waals surface area contributed by atoms with Crippen LogP contribution in [0.2, 0.25) is 0 Å². The molecule has 0 radical (unpaired) electrons. The smallest absolute Gasteiger partial charge is 0.231 e. The summed E-state index contributed by atoms with van der Waals surface area (Å²) >= 11 is 1.69. The number of nitrogens with one attached hydrogen (secondary N) is 2. The minimum absolute atomic E-state index is 0.0531. The SMILES string of the molecule is Cc1ccc(CSC2=NNC3N(Cc4ccc(C)cc4)C(=O)C4CCC(C(=O)NC(C)C)CC4N23)cc1. The molecule has 2 fully saturated rings. The number of hydrogen-bond donors (Lipinski definition) is 2. The molecule has 1 saturated carbocycles. The van der Waals surface area contributed by atoms with Gasteiger partial charge in [0.1, 0.15) is 0 Å². The van der Waals surface area contributed by atoms with Gasteiger partial charge in [-0.25, -0.2) is 0 Å². The zero-order valence-corrected chi connectivity index (χ0v) is 22.9. The van der Waals surface area contributed by atoms with Crippen molar-refractivity contribution in [2.45, 2.75) is 77.6 Å². The summed E-state index contributed by atoms with van der Waals surface area (Å²) in [6.45, 7) is 8.67. The lowest BCUT2D eigenvalue weighted by atomic mass is 9.75. The highest BCUT2D eigenvalue weighted by Gasteiger charge is 2.53. The van der Waals surface area contributed by atoms with E-state index in [1.165, 1.54) is 16.7 Å². The summed E-state index contributed by atoms with van der Waals surface area (Å²) in [6, 6.07) is 17.0. The van der Waals surface area contributed by atoms with E-state index in [4.69, 9.17) is 5.10 Å². The van der Waals surface area contributed by atoms with Gasteiger partial charge in [-0.15, -0.1) is 0 Å². The van der Waals surface area contributed by atoms with Crippen molar-refractivity contribution < 1.29 is 9.59 Å². The number of amides is 2. The quantitative estimate of drug-likeness (QED) is 0.594. The molecule has 5 rings (SSSR count). The van der Waals surface area contributed by atoms with Gasteiger partial charge in [-0.3, -0.25) is 19.9 Å². The van der Waals surface area contributed by atoms with Crippen LogP contribution in [0.3, 0.4) is 0 Å². The molecule has 196 valence electrons. The fourth-order valence-electron chi connectivity index (χ4n) is 5.59. The molecular formula is C29H37N5O2S. The molecule has 3 aliphatic rings. The molecular weight excluding hydrogens is 482 g/mol. The number of aryl methyl sites for hydroxylation is 2. The number of nitrogens with zero attached hydrogens (tertiary/aromatic N) is 3. The van der Waals surface area contributed by atoms with Crippen molar-refractivity contribution in [3.8, 4) is 0 Å². The number of thioether (sulfide) groups is 1. The first-order valence-electron chi connectivity index (χ1n) is 13.3. The van der Waals surface area contributed by atoms with Crippen LogP contribution in [0.25, 0.3) is 0 Å². The van der Waals surface area contributed by atoms with E-state index < -0.39 is 0 Å². The maximum absolute atomic E-state index is 13.8. The number of hydrogen-bond acceptors (Lipinski definition) is 6. The zero-order chi connectivity index (χ0) is 26.1. The Balaban J connectivity index is 1.39. The molecule has 2 aliphatic heterocycles. The van der Waals surface area contributed by atoms with E-state index in [-0.39, 0.29) is 42.0 Å². The first-order chi connectivity index (χ1) is 17.8. The Hall–Kier alpha value is -3.00. The third kappa shape index (κ3) is 5.49. The molecule has 8 heteroatoms. The molecule has 1 aliphatic carbocycles. The van der Waals surface area contributed by atoms with E-state index in [9.17, 15) is 9.59 Å². The molecule has 1 saturated heterocycles. The van der Waals surface area contributed by atoms with Crippen LogP contribution < -0.4 is 10.7 Å². The maximum Gasteiger partial charge on any atom is 0.231 e. The Morgan fingerprint density at radius 3 is 2.35 bits per heavy atom. The normalized spacial score (nSPS) is 24.9. The van der Waals surface area contributed by atoms with Gasteiger partial charge in [0.05, 0.1) is 5.92 Å². The topological polar surface area (TPSA) is 77.0 Å². The van der Waals surface area contributed by atoms with Crippen LogP contribution in [0, 0.1) is 25.7 Å². The van der Waals surface area contributed by atoms with Gasteiger partial charge in [-0.1, -0.05) is 71.4 Å². The van der Waals surface area contributed by atoms with Crippen LogP contribution >= 0.6 is 11.8 Å². The van der Waals surface area contributed by atoms with E-state index >= 15 is 0 Å². The van der Waals surface area contributed by atoms with Gasteiger partial charge in [0.25, 0.3) is 0 Å².